The summed E-state index contributed by atoms with van der Waals surface area (Å²) in [6, 6.07) is 25.3. The minimum atomic E-state index is -0.783. The van der Waals surface area contributed by atoms with Gasteiger partial charge in [-0.2, -0.15) is 0 Å². The van der Waals surface area contributed by atoms with Crippen molar-refractivity contribution in [2.75, 3.05) is 27.3 Å². The van der Waals surface area contributed by atoms with Crippen LogP contribution in [0.3, 0.4) is 0 Å². The molecule has 0 atom stereocenters. The van der Waals surface area contributed by atoms with E-state index in [-0.39, 0.29) is 12.8 Å². The topological polar surface area (TPSA) is 117 Å². The maximum atomic E-state index is 10.8. The van der Waals surface area contributed by atoms with Crippen LogP contribution in [0.4, 0.5) is 0 Å². The average Bonchev–Trinajstić information content (AvgIpc) is 3.04. The molecule has 8 heteroatoms. The van der Waals surface area contributed by atoms with Crippen molar-refractivity contribution in [3.63, 3.8) is 0 Å². The number of carboxylic acids is 2. The Kier molecular flexibility index (Phi) is 12.3. The lowest BCUT2D eigenvalue weighted by Gasteiger charge is -2.18. The van der Waals surface area contributed by atoms with Crippen LogP contribution in [-0.4, -0.2) is 49.5 Å². The molecule has 4 N–H and O–H groups in total. The second kappa shape index (κ2) is 16.6. The zero-order valence-corrected chi connectivity index (χ0v) is 27.1. The SMILES string of the molecule is COc1cc(-c2cccc(-c3cccc(-c4ccc(CNCCCC(=O)O)c(OC)c4)c3C)c2C)ccc1CNCCCC(=O)O. The summed E-state index contributed by atoms with van der Waals surface area (Å²) in [5, 5.41) is 24.3. The van der Waals surface area contributed by atoms with E-state index in [2.05, 4.69) is 97.3 Å². The summed E-state index contributed by atoms with van der Waals surface area (Å²) in [6.07, 6.45) is 1.46. The van der Waals surface area contributed by atoms with E-state index < -0.39 is 11.9 Å². The van der Waals surface area contributed by atoms with Crippen LogP contribution in [-0.2, 0) is 22.7 Å². The Bertz CT molecular complexity index is 1540. The number of benzene rings is 4. The standard InChI is InChI=1S/C38H44N2O6/c1-25-31(27-15-17-29(35(21-27)45-3)23-39-19-7-13-37(41)42)9-5-11-33(25)34-12-6-10-32(26(34)2)28-16-18-30(36(22-28)46-4)24-40-20-8-14-38(43)44/h5-6,9-12,15-18,21-22,39-40H,7-8,13-14,19-20,23-24H2,1-4H3,(H,41,42)(H,43,44). The monoisotopic (exact) mass is 624 g/mol. The Labute approximate surface area is 271 Å². The van der Waals surface area contributed by atoms with Gasteiger partial charge in [-0.05, 0) is 96.4 Å². The van der Waals surface area contributed by atoms with Gasteiger partial charge >= 0.3 is 11.9 Å². The fraction of sp³-hybridized carbons (Fsp3) is 0.316. The first kappa shape index (κ1) is 34.2. The fourth-order valence-corrected chi connectivity index (χ4v) is 5.77. The van der Waals surface area contributed by atoms with Gasteiger partial charge in [0.15, 0.2) is 0 Å². The van der Waals surface area contributed by atoms with Gasteiger partial charge in [-0.3, -0.25) is 9.59 Å². The van der Waals surface area contributed by atoms with Crippen molar-refractivity contribution in [3.05, 3.63) is 95.1 Å². The molecule has 0 radical (unpaired) electrons. The van der Waals surface area contributed by atoms with E-state index in [1.54, 1.807) is 14.2 Å². The number of hydrogen-bond acceptors (Lipinski definition) is 6. The highest BCUT2D eigenvalue weighted by atomic mass is 16.5. The molecule has 0 bridgehead atoms. The Morgan fingerprint density at radius 2 is 1.00 bits per heavy atom. The van der Waals surface area contributed by atoms with Crippen LogP contribution in [0, 0.1) is 13.8 Å². The van der Waals surface area contributed by atoms with Gasteiger partial charge in [0, 0.05) is 37.1 Å². The van der Waals surface area contributed by atoms with Gasteiger partial charge in [-0.25, -0.2) is 0 Å². The largest absolute Gasteiger partial charge is 0.496 e. The lowest BCUT2D eigenvalue weighted by molar-refractivity contribution is -0.138. The first-order valence-electron chi connectivity index (χ1n) is 15.6. The molecule has 0 spiro atoms. The summed E-state index contributed by atoms with van der Waals surface area (Å²) in [6.45, 7) is 6.76. The number of hydrogen-bond donors (Lipinski definition) is 4. The Balaban J connectivity index is 1.57. The maximum Gasteiger partial charge on any atom is 0.303 e. The number of ether oxygens (including phenoxy) is 2. The molecule has 0 aliphatic carbocycles. The summed E-state index contributed by atoms with van der Waals surface area (Å²) >= 11 is 0. The molecule has 8 nitrogen and oxygen atoms in total. The van der Waals surface area contributed by atoms with Gasteiger partial charge in [0.2, 0.25) is 0 Å². The lowest BCUT2D eigenvalue weighted by atomic mass is 9.87. The van der Waals surface area contributed by atoms with Crippen LogP contribution in [0.2, 0.25) is 0 Å². The van der Waals surface area contributed by atoms with Crippen LogP contribution in [0.25, 0.3) is 33.4 Å². The number of carbonyl (C=O) groups is 2. The second-order valence-corrected chi connectivity index (χ2v) is 11.4. The molecule has 4 aromatic rings. The first-order valence-corrected chi connectivity index (χ1v) is 15.6. The molecule has 46 heavy (non-hydrogen) atoms. The molecule has 0 aliphatic heterocycles. The van der Waals surface area contributed by atoms with Gasteiger partial charge in [0.1, 0.15) is 11.5 Å². The van der Waals surface area contributed by atoms with E-state index in [1.165, 1.54) is 11.1 Å². The molecule has 0 aromatic heterocycles. The van der Waals surface area contributed by atoms with Crippen molar-refractivity contribution >= 4 is 11.9 Å². The van der Waals surface area contributed by atoms with Crippen molar-refractivity contribution in [2.45, 2.75) is 52.6 Å². The predicted octanol–water partition coefficient (Wildman–Crippen LogP) is 7.23. The van der Waals surface area contributed by atoms with E-state index in [9.17, 15) is 9.59 Å². The van der Waals surface area contributed by atoms with Gasteiger partial charge in [0.25, 0.3) is 0 Å². The highest BCUT2D eigenvalue weighted by Crippen LogP contribution is 2.38. The third kappa shape index (κ3) is 8.74. The molecular weight excluding hydrogens is 580 g/mol. The van der Waals surface area contributed by atoms with Crippen molar-refractivity contribution < 1.29 is 29.3 Å². The van der Waals surface area contributed by atoms with Crippen LogP contribution < -0.4 is 20.1 Å². The third-order valence-corrected chi connectivity index (χ3v) is 8.27. The number of aliphatic carboxylic acids is 2. The second-order valence-electron chi connectivity index (χ2n) is 11.4. The third-order valence-electron chi connectivity index (χ3n) is 8.27. The smallest absolute Gasteiger partial charge is 0.303 e. The Morgan fingerprint density at radius 1 is 0.609 bits per heavy atom. The van der Waals surface area contributed by atoms with Crippen molar-refractivity contribution in [3.8, 4) is 44.9 Å². The van der Waals surface area contributed by atoms with Crippen LogP contribution >= 0.6 is 0 Å². The van der Waals surface area contributed by atoms with E-state index in [4.69, 9.17) is 19.7 Å². The minimum absolute atomic E-state index is 0.151. The number of carboxylic acid groups (broad SMARTS) is 2. The van der Waals surface area contributed by atoms with E-state index in [0.29, 0.717) is 39.0 Å². The van der Waals surface area contributed by atoms with Gasteiger partial charge in [-0.1, -0.05) is 60.7 Å². The highest BCUT2D eigenvalue weighted by molar-refractivity contribution is 5.84. The van der Waals surface area contributed by atoms with Gasteiger partial charge < -0.3 is 30.3 Å². The minimum Gasteiger partial charge on any atom is -0.496 e. The summed E-state index contributed by atoms with van der Waals surface area (Å²) in [5.41, 5.74) is 11.1. The molecular formula is C38H44N2O6. The average molecular weight is 625 g/mol. The van der Waals surface area contributed by atoms with E-state index in [0.717, 1.165) is 56.0 Å². The van der Waals surface area contributed by atoms with Crippen LogP contribution in [0.5, 0.6) is 11.5 Å². The Hall–Kier alpha value is -4.66. The lowest BCUT2D eigenvalue weighted by Crippen LogP contribution is -2.16. The Morgan fingerprint density at radius 3 is 1.37 bits per heavy atom. The first-order chi connectivity index (χ1) is 22.2. The summed E-state index contributed by atoms with van der Waals surface area (Å²) in [5.74, 6) is 0.0161. The summed E-state index contributed by atoms with van der Waals surface area (Å²) < 4.78 is 11.5. The maximum absolute atomic E-state index is 10.8. The molecule has 0 fully saturated rings. The van der Waals surface area contributed by atoms with Crippen molar-refractivity contribution in [1.82, 2.24) is 10.6 Å². The van der Waals surface area contributed by atoms with Crippen LogP contribution in [0.1, 0.15) is 47.9 Å². The zero-order chi connectivity index (χ0) is 33.1. The molecule has 4 aromatic carbocycles. The van der Waals surface area contributed by atoms with Gasteiger partial charge in [-0.15, -0.1) is 0 Å². The molecule has 0 unspecified atom stereocenters. The molecule has 0 saturated heterocycles. The van der Waals surface area contributed by atoms with Gasteiger partial charge in [0.05, 0.1) is 14.2 Å². The van der Waals surface area contributed by atoms with Crippen LogP contribution in [0.15, 0.2) is 72.8 Å². The van der Waals surface area contributed by atoms with E-state index in [1.807, 2.05) is 0 Å². The number of nitrogens with one attached hydrogen (secondary N) is 2. The number of rotatable bonds is 17. The normalized spacial score (nSPS) is 11.0. The molecule has 4 rings (SSSR count). The number of methoxy groups -OCH3 is 2. The summed E-state index contributed by atoms with van der Waals surface area (Å²) in [4.78, 5) is 21.5. The fourth-order valence-electron chi connectivity index (χ4n) is 5.77. The highest BCUT2D eigenvalue weighted by Gasteiger charge is 2.15. The molecule has 0 amide bonds. The zero-order valence-electron chi connectivity index (χ0n) is 27.1. The molecule has 242 valence electrons. The molecule has 0 heterocycles. The predicted molar refractivity (Wildman–Crippen MR) is 182 cm³/mol. The molecule has 0 aliphatic rings. The quantitative estimate of drug-likeness (QED) is 0.0910. The molecule has 0 saturated carbocycles. The van der Waals surface area contributed by atoms with E-state index >= 15 is 0 Å². The summed E-state index contributed by atoms with van der Waals surface area (Å²) in [7, 11) is 3.34. The van der Waals surface area contributed by atoms with Crippen molar-refractivity contribution in [2.24, 2.45) is 0 Å². The van der Waals surface area contributed by atoms with Crippen molar-refractivity contribution in [1.29, 1.82) is 0 Å².